The number of carbonyl (C=O) groups excluding carboxylic acids is 1. The first-order chi connectivity index (χ1) is 13.1. The lowest BCUT2D eigenvalue weighted by molar-refractivity contribution is 0.0679. The first kappa shape index (κ1) is 17.5. The zero-order valence-electron chi connectivity index (χ0n) is 15.6. The summed E-state index contributed by atoms with van der Waals surface area (Å²) in [4.78, 5) is 17.2. The van der Waals surface area contributed by atoms with Crippen molar-refractivity contribution in [1.29, 1.82) is 0 Å². The molecule has 27 heavy (non-hydrogen) atoms. The highest BCUT2D eigenvalue weighted by atomic mass is 16.5. The third kappa shape index (κ3) is 3.80. The van der Waals surface area contributed by atoms with E-state index in [2.05, 4.69) is 10.3 Å². The van der Waals surface area contributed by atoms with E-state index in [4.69, 9.17) is 9.47 Å². The van der Waals surface area contributed by atoms with Gasteiger partial charge < -0.3 is 14.8 Å². The molecule has 4 rings (SSSR count). The fraction of sp³-hybridized carbons (Fsp3) is 0.333. The van der Waals surface area contributed by atoms with Gasteiger partial charge in [-0.3, -0.25) is 9.20 Å². The number of imidazole rings is 1. The van der Waals surface area contributed by atoms with Crippen molar-refractivity contribution < 1.29 is 14.3 Å². The molecule has 2 aromatic heterocycles. The number of nitrogens with zero attached hydrogens (tertiary/aromatic N) is 2. The Kier molecular flexibility index (Phi) is 4.81. The largest absolute Gasteiger partial charge is 0.491 e. The van der Waals surface area contributed by atoms with Crippen LogP contribution in [0.4, 0.5) is 5.69 Å². The lowest BCUT2D eigenvalue weighted by Gasteiger charge is -2.12. The van der Waals surface area contributed by atoms with Gasteiger partial charge in [-0.05, 0) is 68.7 Å². The number of fused-ring (bicyclic) bond motifs is 1. The molecular formula is C21H23N3O3. The molecular weight excluding hydrogens is 342 g/mol. The maximum atomic E-state index is 12.8. The van der Waals surface area contributed by atoms with Gasteiger partial charge in [-0.2, -0.15) is 0 Å². The van der Waals surface area contributed by atoms with E-state index in [1.54, 1.807) is 0 Å². The maximum absolute atomic E-state index is 12.8. The van der Waals surface area contributed by atoms with E-state index in [9.17, 15) is 4.79 Å². The van der Waals surface area contributed by atoms with Gasteiger partial charge in [0.25, 0.3) is 5.91 Å². The molecule has 1 unspecified atom stereocenters. The topological polar surface area (TPSA) is 64.9 Å². The number of ether oxygens (including phenoxy) is 2. The zero-order valence-corrected chi connectivity index (χ0v) is 15.6. The summed E-state index contributed by atoms with van der Waals surface area (Å²) in [6.07, 6.45) is 4.21. The molecule has 1 saturated heterocycles. The fourth-order valence-electron chi connectivity index (χ4n) is 3.33. The lowest BCUT2D eigenvalue weighted by atomic mass is 10.2. The summed E-state index contributed by atoms with van der Waals surface area (Å²) in [7, 11) is 0. The summed E-state index contributed by atoms with van der Waals surface area (Å²) in [6, 6.07) is 11.3. The molecule has 6 heteroatoms. The van der Waals surface area contributed by atoms with Crippen molar-refractivity contribution in [1.82, 2.24) is 9.38 Å². The number of benzene rings is 1. The van der Waals surface area contributed by atoms with Crippen molar-refractivity contribution in [2.24, 2.45) is 0 Å². The number of aromatic nitrogens is 2. The van der Waals surface area contributed by atoms with Crippen LogP contribution >= 0.6 is 0 Å². The Labute approximate surface area is 158 Å². The highest BCUT2D eigenvalue weighted by Gasteiger charge is 2.18. The van der Waals surface area contributed by atoms with Crippen LogP contribution in [0, 0.1) is 13.8 Å². The van der Waals surface area contributed by atoms with Crippen LogP contribution < -0.4 is 10.1 Å². The molecule has 6 nitrogen and oxygen atoms in total. The summed E-state index contributed by atoms with van der Waals surface area (Å²) in [5.74, 6) is 0.585. The Morgan fingerprint density at radius 1 is 1.30 bits per heavy atom. The van der Waals surface area contributed by atoms with Crippen molar-refractivity contribution in [2.45, 2.75) is 32.8 Å². The van der Waals surface area contributed by atoms with E-state index in [1.807, 2.05) is 60.8 Å². The number of aryl methyl sites for hydroxylation is 2. The zero-order chi connectivity index (χ0) is 18.8. The summed E-state index contributed by atoms with van der Waals surface area (Å²) in [5, 5.41) is 2.94. The van der Waals surface area contributed by atoms with Crippen LogP contribution in [0.15, 0.2) is 42.6 Å². The maximum Gasteiger partial charge on any atom is 0.274 e. The number of hydrogen-bond acceptors (Lipinski definition) is 4. The van der Waals surface area contributed by atoms with Gasteiger partial charge in [0.15, 0.2) is 0 Å². The third-order valence-corrected chi connectivity index (χ3v) is 4.74. The van der Waals surface area contributed by atoms with Crippen molar-refractivity contribution in [3.63, 3.8) is 0 Å². The standard InChI is InChI=1S/C21H23N3O3/c1-14-9-10-24-19(12-14)22-15(2)20(24)21(25)23-16-5-7-17(8-6-16)27-13-18-4-3-11-26-18/h5-10,12,18H,3-4,11,13H2,1-2H3,(H,23,25). The number of carbonyl (C=O) groups is 1. The van der Waals surface area contributed by atoms with Crippen LogP contribution in [0.25, 0.3) is 5.65 Å². The predicted octanol–water partition coefficient (Wildman–Crippen LogP) is 3.76. The minimum atomic E-state index is -0.183. The number of pyridine rings is 1. The van der Waals surface area contributed by atoms with Gasteiger partial charge in [0.1, 0.15) is 23.7 Å². The smallest absolute Gasteiger partial charge is 0.274 e. The van der Waals surface area contributed by atoms with Gasteiger partial charge in [0.2, 0.25) is 0 Å². The Bertz CT molecular complexity index is 957. The Hall–Kier alpha value is -2.86. The highest BCUT2D eigenvalue weighted by molar-refractivity contribution is 6.04. The lowest BCUT2D eigenvalue weighted by Crippen LogP contribution is -2.16. The normalized spacial score (nSPS) is 16.6. The van der Waals surface area contributed by atoms with E-state index in [0.29, 0.717) is 23.7 Å². The van der Waals surface area contributed by atoms with Crippen LogP contribution in [0.3, 0.4) is 0 Å². The van der Waals surface area contributed by atoms with Crippen LogP contribution in [0.2, 0.25) is 0 Å². The number of anilines is 1. The molecule has 1 fully saturated rings. The Morgan fingerprint density at radius 3 is 2.85 bits per heavy atom. The van der Waals surface area contributed by atoms with E-state index in [1.165, 1.54) is 0 Å². The van der Waals surface area contributed by atoms with Gasteiger partial charge in [-0.1, -0.05) is 0 Å². The third-order valence-electron chi connectivity index (χ3n) is 4.74. The SMILES string of the molecule is Cc1ccn2c(C(=O)Nc3ccc(OCC4CCCO4)cc3)c(C)nc2c1. The van der Waals surface area contributed by atoms with Gasteiger partial charge >= 0.3 is 0 Å². The summed E-state index contributed by atoms with van der Waals surface area (Å²) in [6.45, 7) is 5.24. The first-order valence-corrected chi connectivity index (χ1v) is 9.21. The van der Waals surface area contributed by atoms with Crippen LogP contribution in [0.1, 0.15) is 34.6 Å². The second-order valence-electron chi connectivity index (χ2n) is 6.90. The average Bonchev–Trinajstić information content (AvgIpc) is 3.27. The quantitative estimate of drug-likeness (QED) is 0.748. The number of amides is 1. The van der Waals surface area contributed by atoms with Crippen molar-refractivity contribution in [3.8, 4) is 5.75 Å². The number of nitrogens with one attached hydrogen (secondary N) is 1. The van der Waals surface area contributed by atoms with E-state index >= 15 is 0 Å². The second kappa shape index (κ2) is 7.40. The molecule has 1 atom stereocenters. The molecule has 1 aliphatic heterocycles. The summed E-state index contributed by atoms with van der Waals surface area (Å²) in [5.41, 5.74) is 3.85. The molecule has 140 valence electrons. The van der Waals surface area contributed by atoms with Gasteiger partial charge in [-0.15, -0.1) is 0 Å². The van der Waals surface area contributed by atoms with E-state index in [-0.39, 0.29) is 12.0 Å². The van der Waals surface area contributed by atoms with Gasteiger partial charge in [0, 0.05) is 18.5 Å². The Morgan fingerprint density at radius 2 is 2.11 bits per heavy atom. The molecule has 1 amide bonds. The monoisotopic (exact) mass is 365 g/mol. The first-order valence-electron chi connectivity index (χ1n) is 9.21. The predicted molar refractivity (Wildman–Crippen MR) is 104 cm³/mol. The molecule has 3 heterocycles. The van der Waals surface area contributed by atoms with E-state index < -0.39 is 0 Å². The average molecular weight is 365 g/mol. The molecule has 0 saturated carbocycles. The van der Waals surface area contributed by atoms with E-state index in [0.717, 1.165) is 36.4 Å². The molecule has 0 radical (unpaired) electrons. The van der Waals surface area contributed by atoms with Crippen molar-refractivity contribution >= 4 is 17.2 Å². The molecule has 1 N–H and O–H groups in total. The fourth-order valence-corrected chi connectivity index (χ4v) is 3.33. The van der Waals surface area contributed by atoms with Crippen LogP contribution in [-0.4, -0.2) is 34.6 Å². The molecule has 1 aromatic carbocycles. The van der Waals surface area contributed by atoms with Crippen molar-refractivity contribution in [2.75, 3.05) is 18.5 Å². The Balaban J connectivity index is 1.44. The van der Waals surface area contributed by atoms with Gasteiger partial charge in [-0.25, -0.2) is 4.98 Å². The highest BCUT2D eigenvalue weighted by Crippen LogP contribution is 2.20. The van der Waals surface area contributed by atoms with Crippen LogP contribution in [-0.2, 0) is 4.74 Å². The number of rotatable bonds is 5. The van der Waals surface area contributed by atoms with Gasteiger partial charge in [0.05, 0.1) is 11.8 Å². The second-order valence-corrected chi connectivity index (χ2v) is 6.90. The van der Waals surface area contributed by atoms with Crippen molar-refractivity contribution in [3.05, 3.63) is 59.5 Å². The molecule has 1 aliphatic rings. The summed E-state index contributed by atoms with van der Waals surface area (Å²) < 4.78 is 13.1. The minimum Gasteiger partial charge on any atom is -0.491 e. The van der Waals surface area contributed by atoms with Crippen LogP contribution in [0.5, 0.6) is 5.75 Å². The number of hydrogen-bond donors (Lipinski definition) is 1. The molecule has 3 aromatic rings. The molecule has 0 bridgehead atoms. The summed E-state index contributed by atoms with van der Waals surface area (Å²) >= 11 is 0. The molecule has 0 spiro atoms. The minimum absolute atomic E-state index is 0.183. The molecule has 0 aliphatic carbocycles.